The van der Waals surface area contributed by atoms with Crippen LogP contribution in [-0.2, 0) is 31.0 Å². The van der Waals surface area contributed by atoms with Crippen LogP contribution in [0.2, 0.25) is 5.02 Å². The fourth-order valence-electron chi connectivity index (χ4n) is 7.18. The monoisotopic (exact) mass is 812 g/mol. The van der Waals surface area contributed by atoms with Gasteiger partial charge in [0.1, 0.15) is 37.3 Å². The summed E-state index contributed by atoms with van der Waals surface area (Å²) in [7, 11) is 0. The Morgan fingerprint density at radius 1 is 0.949 bits per heavy atom. The lowest BCUT2D eigenvalue weighted by Gasteiger charge is -2.28. The van der Waals surface area contributed by atoms with Gasteiger partial charge in [0, 0.05) is 37.1 Å². The predicted octanol–water partition coefficient (Wildman–Crippen LogP) is 7.70. The molecule has 1 aliphatic rings. The number of carbonyl (C=O) groups is 2. The first-order valence-corrected chi connectivity index (χ1v) is 19.5. The van der Waals surface area contributed by atoms with E-state index in [-0.39, 0.29) is 44.7 Å². The lowest BCUT2D eigenvalue weighted by atomic mass is 9.85. The minimum absolute atomic E-state index is 0.0618. The van der Waals surface area contributed by atoms with Crippen LogP contribution in [0.3, 0.4) is 0 Å². The van der Waals surface area contributed by atoms with Crippen molar-refractivity contribution in [1.82, 2.24) is 20.9 Å². The van der Waals surface area contributed by atoms with Crippen LogP contribution in [0.5, 0.6) is 11.5 Å². The van der Waals surface area contributed by atoms with Crippen molar-refractivity contribution in [2.24, 2.45) is 5.41 Å². The van der Waals surface area contributed by atoms with Crippen molar-refractivity contribution in [2.45, 2.75) is 59.4 Å². The number of aliphatic hydroxyl groups excluding tert-OH is 1. The van der Waals surface area contributed by atoms with Crippen molar-refractivity contribution in [3.8, 4) is 45.9 Å². The van der Waals surface area contributed by atoms with Crippen LogP contribution in [0.25, 0.3) is 22.3 Å². The van der Waals surface area contributed by atoms with Gasteiger partial charge in [0.2, 0.25) is 0 Å². The van der Waals surface area contributed by atoms with Gasteiger partial charge in [0.25, 0.3) is 0 Å². The van der Waals surface area contributed by atoms with E-state index in [4.69, 9.17) is 26.3 Å². The summed E-state index contributed by atoms with van der Waals surface area (Å²) in [5, 5.41) is 47.0. The number of hydrogen-bond acceptors (Lipinski definition) is 9. The summed E-state index contributed by atoms with van der Waals surface area (Å²) in [4.78, 5) is 28.3. The summed E-state index contributed by atoms with van der Waals surface area (Å²) < 4.78 is 12.6. The summed E-state index contributed by atoms with van der Waals surface area (Å²) in [6.45, 7) is 6.63. The minimum Gasteiger partial charge on any atom is -0.488 e. The van der Waals surface area contributed by atoms with Gasteiger partial charge in [-0.25, -0.2) is 4.79 Å². The number of carboxylic acid groups (broad SMARTS) is 1. The zero-order chi connectivity index (χ0) is 42.1. The van der Waals surface area contributed by atoms with E-state index in [1.807, 2.05) is 18.2 Å². The molecule has 302 valence electrons. The molecule has 2 amide bonds. The first-order chi connectivity index (χ1) is 28.4. The van der Waals surface area contributed by atoms with Gasteiger partial charge in [-0.2, -0.15) is 10.5 Å². The zero-order valence-corrected chi connectivity index (χ0v) is 33.8. The van der Waals surface area contributed by atoms with E-state index in [1.54, 1.807) is 24.4 Å². The number of halogens is 1. The van der Waals surface area contributed by atoms with E-state index in [1.165, 1.54) is 13.1 Å². The van der Waals surface area contributed by atoms with Crippen molar-refractivity contribution in [3.05, 3.63) is 135 Å². The van der Waals surface area contributed by atoms with Gasteiger partial charge in [-0.15, -0.1) is 0 Å². The number of aliphatic carboxylic acids is 1. The van der Waals surface area contributed by atoms with Crippen molar-refractivity contribution in [3.63, 3.8) is 0 Å². The number of urea groups is 1. The van der Waals surface area contributed by atoms with Crippen LogP contribution >= 0.6 is 11.6 Å². The van der Waals surface area contributed by atoms with Gasteiger partial charge in [0.05, 0.1) is 34.7 Å². The topological polar surface area (TPSA) is 190 Å². The van der Waals surface area contributed by atoms with Crippen LogP contribution in [0.4, 0.5) is 4.79 Å². The van der Waals surface area contributed by atoms with Crippen LogP contribution in [0.1, 0.15) is 63.9 Å². The standard InChI is InChI=1S/C46H45ClN6O6/c1-28-34(26-59-43-19-42(58-25-31-16-30(20-49)21-50-22-31)33(18-40(43)47)12-13-46(3,27-54)44(55)56)6-4-8-37(28)38-9-5-7-36(29(38)2)32-10-11-39-35(17-32)23-51-24-41(39)53-45(57)52-15-14-48/h4-11,16-19,21-22,41,51,54H,12-13,15,23-27H2,1-3H3,(H,55,56)(H2,52,53,57)/t41?,46-/m0/s1. The molecule has 0 bridgehead atoms. The maximum atomic E-state index is 12.3. The molecule has 0 fully saturated rings. The number of nitrogens with zero attached hydrogens (tertiary/aromatic N) is 3. The number of nitrogens with one attached hydrogen (secondary N) is 3. The molecule has 12 nitrogen and oxygen atoms in total. The van der Waals surface area contributed by atoms with Crippen LogP contribution in [0.15, 0.2) is 85.2 Å². The molecule has 5 aromatic rings. The van der Waals surface area contributed by atoms with Crippen molar-refractivity contribution >= 4 is 23.6 Å². The van der Waals surface area contributed by atoms with Crippen LogP contribution in [0, 0.1) is 41.9 Å². The maximum absolute atomic E-state index is 12.3. The molecule has 13 heteroatoms. The van der Waals surface area contributed by atoms with E-state index in [0.29, 0.717) is 46.3 Å². The summed E-state index contributed by atoms with van der Waals surface area (Å²) in [5.41, 5.74) is 9.87. The average molecular weight is 813 g/mol. The van der Waals surface area contributed by atoms with Crippen LogP contribution < -0.4 is 25.4 Å². The highest BCUT2D eigenvalue weighted by molar-refractivity contribution is 6.32. The molecule has 4 aromatic carbocycles. The third-order valence-corrected chi connectivity index (χ3v) is 11.1. The zero-order valence-electron chi connectivity index (χ0n) is 33.1. The first kappa shape index (κ1) is 42.2. The Kier molecular flexibility index (Phi) is 13.5. The number of aliphatic hydroxyl groups is 1. The normalized spacial score (nSPS) is 14.2. The second-order valence-electron chi connectivity index (χ2n) is 14.8. The highest BCUT2D eigenvalue weighted by Gasteiger charge is 2.32. The quantitative estimate of drug-likeness (QED) is 0.0655. The molecule has 2 atom stereocenters. The van der Waals surface area contributed by atoms with Crippen molar-refractivity contribution in [1.29, 1.82) is 10.5 Å². The SMILES string of the molecule is Cc1c(COc2cc(OCc3cncc(C#N)c3)c(CC[C@@](C)(CO)C(=O)O)cc2Cl)cccc1-c1cccc(-c2ccc3c(c2)CNCC3NC(=O)NCC#N)c1C. The molecule has 0 saturated heterocycles. The molecule has 1 aliphatic heterocycles. The van der Waals surface area contributed by atoms with Crippen LogP contribution in [-0.4, -0.2) is 46.9 Å². The molecule has 0 saturated carbocycles. The molecule has 0 spiro atoms. The highest BCUT2D eigenvalue weighted by Crippen LogP contribution is 2.39. The number of carbonyl (C=O) groups excluding carboxylic acids is 1. The maximum Gasteiger partial charge on any atom is 0.316 e. The number of rotatable bonds is 15. The Labute approximate surface area is 348 Å². The number of fused-ring (bicyclic) bond motifs is 1. The number of aryl methyl sites for hydroxylation is 1. The van der Waals surface area contributed by atoms with Gasteiger partial charge in [-0.05, 0) is 107 Å². The second-order valence-corrected chi connectivity index (χ2v) is 15.2. The van der Waals surface area contributed by atoms with Crippen molar-refractivity contribution in [2.75, 3.05) is 19.7 Å². The third kappa shape index (κ3) is 9.82. The fourth-order valence-corrected chi connectivity index (χ4v) is 7.42. The van der Waals surface area contributed by atoms with E-state index in [0.717, 1.165) is 50.1 Å². The summed E-state index contributed by atoms with van der Waals surface area (Å²) in [6, 6.07) is 27.2. The molecule has 1 unspecified atom stereocenters. The number of nitriles is 2. The summed E-state index contributed by atoms with van der Waals surface area (Å²) in [5.74, 6) is -0.295. The number of ether oxygens (including phenoxy) is 2. The van der Waals surface area contributed by atoms with Gasteiger partial charge in [-0.3, -0.25) is 9.78 Å². The second kappa shape index (κ2) is 18.9. The van der Waals surface area contributed by atoms with Gasteiger partial charge in [-0.1, -0.05) is 60.1 Å². The number of aromatic nitrogens is 1. The Bertz CT molecular complexity index is 2460. The fraction of sp³-hybridized carbons (Fsp3) is 0.283. The number of benzene rings is 4. The lowest BCUT2D eigenvalue weighted by Crippen LogP contribution is -2.44. The van der Waals surface area contributed by atoms with Gasteiger partial charge >= 0.3 is 12.0 Å². The largest absolute Gasteiger partial charge is 0.488 e. The highest BCUT2D eigenvalue weighted by atomic mass is 35.5. The average Bonchev–Trinajstić information content (AvgIpc) is 3.24. The molecule has 6 rings (SSSR count). The van der Waals surface area contributed by atoms with E-state index in [9.17, 15) is 25.1 Å². The van der Waals surface area contributed by atoms with Gasteiger partial charge in [0.15, 0.2) is 0 Å². The predicted molar refractivity (Wildman–Crippen MR) is 224 cm³/mol. The van der Waals surface area contributed by atoms with E-state index < -0.39 is 18.0 Å². The Hall–Kier alpha value is -6.44. The first-order valence-electron chi connectivity index (χ1n) is 19.1. The molecular weight excluding hydrogens is 768 g/mol. The molecule has 0 aliphatic carbocycles. The van der Waals surface area contributed by atoms with E-state index >= 15 is 0 Å². The lowest BCUT2D eigenvalue weighted by molar-refractivity contribution is -0.150. The molecule has 59 heavy (non-hydrogen) atoms. The molecular formula is C46H45ClN6O6. The molecule has 1 aromatic heterocycles. The van der Waals surface area contributed by atoms with Crippen molar-refractivity contribution < 1.29 is 29.3 Å². The Morgan fingerprint density at radius 2 is 1.69 bits per heavy atom. The van der Waals surface area contributed by atoms with Gasteiger partial charge < -0.3 is 35.6 Å². The number of amides is 2. The number of hydrogen-bond donors (Lipinski definition) is 5. The summed E-state index contributed by atoms with van der Waals surface area (Å²) >= 11 is 6.80. The number of pyridine rings is 1. The Morgan fingerprint density at radius 3 is 2.44 bits per heavy atom. The summed E-state index contributed by atoms with van der Waals surface area (Å²) in [6.07, 6.45) is 3.47. The minimum atomic E-state index is -1.36. The number of carboxylic acids is 1. The molecule has 5 N–H and O–H groups in total. The molecule has 0 radical (unpaired) electrons. The molecule has 2 heterocycles. The van der Waals surface area contributed by atoms with E-state index in [2.05, 4.69) is 83.3 Å². The third-order valence-electron chi connectivity index (χ3n) is 10.8. The smallest absolute Gasteiger partial charge is 0.316 e. The Balaban J connectivity index is 1.24.